The number of fused-ring (bicyclic) bond motifs is 1. The molecule has 2 N–H and O–H groups in total. The molecular formula is C12H15BrN4O2. The molecule has 2 aromatic heterocycles. The number of halogens is 1. The predicted octanol–water partition coefficient (Wildman–Crippen LogP) is 1.45. The Kier molecular flexibility index (Phi) is 4.36. The highest BCUT2D eigenvalue weighted by Crippen LogP contribution is 2.09. The third-order valence-corrected chi connectivity index (χ3v) is 3.25. The van der Waals surface area contributed by atoms with Crippen molar-refractivity contribution in [1.82, 2.24) is 19.5 Å². The van der Waals surface area contributed by atoms with E-state index in [-0.39, 0.29) is 5.52 Å². The van der Waals surface area contributed by atoms with Gasteiger partial charge in [-0.25, -0.2) is 9.78 Å². The first-order valence-electron chi connectivity index (χ1n) is 6.04. The molecule has 0 unspecified atom stereocenters. The third kappa shape index (κ3) is 3.04. The van der Waals surface area contributed by atoms with Crippen LogP contribution >= 0.6 is 15.9 Å². The summed E-state index contributed by atoms with van der Waals surface area (Å²) in [6.45, 7) is 2.50. The first kappa shape index (κ1) is 13.8. The molecule has 0 aliphatic carbocycles. The summed E-state index contributed by atoms with van der Waals surface area (Å²) in [5.74, 6) is 0.719. The molecule has 0 bridgehead atoms. The second kappa shape index (κ2) is 6.01. The number of aromatic nitrogens is 4. The van der Waals surface area contributed by atoms with Crippen molar-refractivity contribution in [1.29, 1.82) is 0 Å². The van der Waals surface area contributed by atoms with E-state index in [9.17, 15) is 9.59 Å². The molecule has 2 heterocycles. The molecule has 0 spiro atoms. The van der Waals surface area contributed by atoms with Crippen LogP contribution in [0.5, 0.6) is 0 Å². The van der Waals surface area contributed by atoms with Crippen LogP contribution in [0.3, 0.4) is 0 Å². The van der Waals surface area contributed by atoms with E-state index in [1.807, 2.05) is 11.5 Å². The number of alkyl halides is 1. The molecule has 0 aromatic carbocycles. The first-order chi connectivity index (χ1) is 9.13. The van der Waals surface area contributed by atoms with E-state index in [4.69, 9.17) is 0 Å². The Labute approximate surface area is 117 Å². The first-order valence-corrected chi connectivity index (χ1v) is 7.16. The van der Waals surface area contributed by atoms with Gasteiger partial charge in [0.1, 0.15) is 11.5 Å². The Hall–Kier alpha value is -1.63. The number of nitrogens with zero attached hydrogens (tertiary/aromatic N) is 2. The van der Waals surface area contributed by atoms with Crippen molar-refractivity contribution in [2.24, 2.45) is 0 Å². The minimum atomic E-state index is -0.506. The molecule has 0 saturated carbocycles. The molecule has 6 nitrogen and oxygen atoms in total. The van der Waals surface area contributed by atoms with Crippen molar-refractivity contribution in [3.63, 3.8) is 0 Å². The smallest absolute Gasteiger partial charge is 0.314 e. The largest absolute Gasteiger partial charge is 0.327 e. The van der Waals surface area contributed by atoms with Crippen LogP contribution in [0.1, 0.15) is 18.7 Å². The zero-order chi connectivity index (χ0) is 13.8. The molecule has 7 heteroatoms. The van der Waals surface area contributed by atoms with E-state index >= 15 is 0 Å². The van der Waals surface area contributed by atoms with Crippen LogP contribution in [0.25, 0.3) is 11.2 Å². The van der Waals surface area contributed by atoms with E-state index < -0.39 is 11.2 Å². The number of aromatic amines is 2. The zero-order valence-corrected chi connectivity index (χ0v) is 12.2. The lowest BCUT2D eigenvalue weighted by molar-refractivity contribution is 0.696. The molecular weight excluding hydrogens is 312 g/mol. The fourth-order valence-electron chi connectivity index (χ4n) is 1.93. The van der Waals surface area contributed by atoms with Crippen LogP contribution in [0.4, 0.5) is 0 Å². The van der Waals surface area contributed by atoms with Crippen molar-refractivity contribution < 1.29 is 0 Å². The van der Waals surface area contributed by atoms with Gasteiger partial charge in [0.05, 0.1) is 0 Å². The molecule has 0 saturated heterocycles. The van der Waals surface area contributed by atoms with Gasteiger partial charge in [0, 0.05) is 11.9 Å². The third-order valence-electron chi connectivity index (χ3n) is 2.79. The summed E-state index contributed by atoms with van der Waals surface area (Å²) in [7, 11) is 0. The van der Waals surface area contributed by atoms with Gasteiger partial charge in [-0.05, 0) is 19.8 Å². The number of hydrogen-bond acceptors (Lipinski definition) is 3. The van der Waals surface area contributed by atoms with Gasteiger partial charge in [0.15, 0.2) is 5.52 Å². The lowest BCUT2D eigenvalue weighted by Gasteiger charge is -2.03. The number of H-pyrrole nitrogens is 2. The maximum Gasteiger partial charge on any atom is 0.327 e. The second-order valence-electron chi connectivity index (χ2n) is 4.15. The summed E-state index contributed by atoms with van der Waals surface area (Å²) < 4.78 is 1.85. The van der Waals surface area contributed by atoms with Gasteiger partial charge in [0.2, 0.25) is 0 Å². The maximum absolute atomic E-state index is 11.6. The van der Waals surface area contributed by atoms with Gasteiger partial charge in [-0.2, -0.15) is 0 Å². The van der Waals surface area contributed by atoms with Gasteiger partial charge in [-0.15, -0.1) is 0 Å². The minimum Gasteiger partial charge on any atom is -0.314 e. The van der Waals surface area contributed by atoms with E-state index in [2.05, 4.69) is 43.0 Å². The number of nitrogens with one attached hydrogen (secondary N) is 2. The SMILES string of the molecule is Cc1nc2c(=O)[nH]c(=O)[nH]c2n1CCC=CCCBr. The molecule has 0 aliphatic rings. The quantitative estimate of drug-likeness (QED) is 0.644. The van der Waals surface area contributed by atoms with Crippen molar-refractivity contribution in [2.75, 3.05) is 5.33 Å². The number of aryl methyl sites for hydroxylation is 2. The lowest BCUT2D eigenvalue weighted by Crippen LogP contribution is -2.22. The van der Waals surface area contributed by atoms with E-state index in [0.29, 0.717) is 12.2 Å². The topological polar surface area (TPSA) is 83.5 Å². The Morgan fingerprint density at radius 1 is 1.26 bits per heavy atom. The minimum absolute atomic E-state index is 0.279. The molecule has 0 aliphatic heterocycles. The lowest BCUT2D eigenvalue weighted by atomic mass is 10.3. The number of allylic oxidation sites excluding steroid dienone is 2. The Balaban J connectivity index is 2.30. The van der Waals surface area contributed by atoms with Gasteiger partial charge in [-0.3, -0.25) is 14.8 Å². The standard InChI is InChI=1S/C12H15BrN4O2/c1-8-14-9-10(15-12(19)16-11(9)18)17(8)7-5-3-2-4-6-13/h2-3H,4-7H2,1H3,(H2,15,16,18,19). The van der Waals surface area contributed by atoms with Crippen LogP contribution in [-0.2, 0) is 6.54 Å². The van der Waals surface area contributed by atoms with Crippen molar-refractivity contribution in [3.8, 4) is 0 Å². The van der Waals surface area contributed by atoms with Gasteiger partial charge in [0.25, 0.3) is 5.56 Å². The molecule has 0 radical (unpaired) electrons. The number of hydrogen-bond donors (Lipinski definition) is 2. The molecule has 0 fully saturated rings. The molecule has 0 amide bonds. The second-order valence-corrected chi connectivity index (χ2v) is 4.95. The summed E-state index contributed by atoms with van der Waals surface area (Å²) in [6.07, 6.45) is 5.99. The van der Waals surface area contributed by atoms with E-state index in [1.165, 1.54) is 0 Å². The highest BCUT2D eigenvalue weighted by Gasteiger charge is 2.10. The highest BCUT2D eigenvalue weighted by atomic mass is 79.9. The van der Waals surface area contributed by atoms with Crippen molar-refractivity contribution in [3.05, 3.63) is 38.8 Å². The monoisotopic (exact) mass is 326 g/mol. The zero-order valence-electron chi connectivity index (χ0n) is 10.6. The summed E-state index contributed by atoms with van der Waals surface area (Å²) in [5, 5.41) is 0.944. The summed E-state index contributed by atoms with van der Waals surface area (Å²) in [5.41, 5.74) is -0.189. The Morgan fingerprint density at radius 2 is 2.00 bits per heavy atom. The fraction of sp³-hybridized carbons (Fsp3) is 0.417. The Bertz CT molecular complexity index is 711. The average molecular weight is 327 g/mol. The molecule has 19 heavy (non-hydrogen) atoms. The van der Waals surface area contributed by atoms with Crippen LogP contribution in [0.2, 0.25) is 0 Å². The summed E-state index contributed by atoms with van der Waals surface area (Å²) in [6, 6.07) is 0. The predicted molar refractivity (Wildman–Crippen MR) is 77.9 cm³/mol. The van der Waals surface area contributed by atoms with Gasteiger partial charge >= 0.3 is 5.69 Å². The van der Waals surface area contributed by atoms with Crippen molar-refractivity contribution in [2.45, 2.75) is 26.3 Å². The van der Waals surface area contributed by atoms with E-state index in [1.54, 1.807) is 0 Å². The van der Waals surface area contributed by atoms with Crippen LogP contribution in [0, 0.1) is 6.92 Å². The van der Waals surface area contributed by atoms with E-state index in [0.717, 1.165) is 24.0 Å². The molecule has 0 atom stereocenters. The number of rotatable bonds is 5. The van der Waals surface area contributed by atoms with Crippen LogP contribution in [-0.4, -0.2) is 24.8 Å². The van der Waals surface area contributed by atoms with Crippen LogP contribution in [0.15, 0.2) is 21.7 Å². The Morgan fingerprint density at radius 3 is 2.74 bits per heavy atom. The maximum atomic E-state index is 11.6. The van der Waals surface area contributed by atoms with Crippen molar-refractivity contribution >= 4 is 27.1 Å². The highest BCUT2D eigenvalue weighted by molar-refractivity contribution is 9.09. The number of imidazole rings is 1. The van der Waals surface area contributed by atoms with Gasteiger partial charge in [-0.1, -0.05) is 28.1 Å². The fourth-order valence-corrected chi connectivity index (χ4v) is 2.19. The molecule has 2 rings (SSSR count). The van der Waals surface area contributed by atoms with Gasteiger partial charge < -0.3 is 4.57 Å². The summed E-state index contributed by atoms with van der Waals surface area (Å²) >= 11 is 3.36. The molecule has 102 valence electrons. The average Bonchev–Trinajstić information content (AvgIpc) is 2.67. The normalized spacial score (nSPS) is 11.7. The molecule has 2 aromatic rings. The van der Waals surface area contributed by atoms with Crippen LogP contribution < -0.4 is 11.2 Å². The summed E-state index contributed by atoms with van der Waals surface area (Å²) in [4.78, 5) is 31.9.